The van der Waals surface area contributed by atoms with Crippen LogP contribution in [0.2, 0.25) is 0 Å². The Bertz CT molecular complexity index is 662. The Morgan fingerprint density at radius 3 is 2.28 bits per heavy atom. The number of rotatable bonds is 8. The first-order valence-corrected chi connectivity index (χ1v) is 10.3. The molecule has 0 aliphatic carbocycles. The molecule has 29 heavy (non-hydrogen) atoms. The van der Waals surface area contributed by atoms with Crippen molar-refractivity contribution < 1.29 is 14.3 Å². The lowest BCUT2D eigenvalue weighted by atomic mass is 9.87. The summed E-state index contributed by atoms with van der Waals surface area (Å²) in [6.07, 6.45) is 0. The number of nitrogens with one attached hydrogen (secondary N) is 2. The van der Waals surface area contributed by atoms with Crippen LogP contribution < -0.4 is 10.6 Å². The van der Waals surface area contributed by atoms with Crippen LogP contribution >= 0.6 is 0 Å². The molecule has 0 radical (unpaired) electrons. The van der Waals surface area contributed by atoms with Crippen LogP contribution in [0.5, 0.6) is 0 Å². The highest BCUT2D eigenvalue weighted by atomic mass is 16.5. The smallest absolute Gasteiger partial charge is 0.241 e. The van der Waals surface area contributed by atoms with E-state index < -0.39 is 0 Å². The van der Waals surface area contributed by atoms with Crippen LogP contribution in [-0.2, 0) is 19.7 Å². The Hall–Kier alpha value is -1.96. The predicted molar refractivity (Wildman–Crippen MR) is 116 cm³/mol. The van der Waals surface area contributed by atoms with Gasteiger partial charge in [-0.1, -0.05) is 32.9 Å². The zero-order valence-corrected chi connectivity index (χ0v) is 18.5. The summed E-state index contributed by atoms with van der Waals surface area (Å²) in [5.41, 5.74) is 2.16. The maximum atomic E-state index is 12.7. The Morgan fingerprint density at radius 2 is 1.72 bits per heavy atom. The summed E-state index contributed by atoms with van der Waals surface area (Å²) in [6.45, 7) is 13.0. The fourth-order valence-electron chi connectivity index (χ4n) is 3.33. The Labute approximate surface area is 174 Å². The molecule has 1 saturated heterocycles. The highest BCUT2D eigenvalue weighted by Gasteiger charge is 2.26. The molecule has 7 heteroatoms. The minimum atomic E-state index is -0.213. The van der Waals surface area contributed by atoms with Gasteiger partial charge in [-0.15, -0.1) is 0 Å². The van der Waals surface area contributed by atoms with Gasteiger partial charge in [0, 0.05) is 45.5 Å². The normalized spacial score (nSPS) is 17.0. The highest BCUT2D eigenvalue weighted by molar-refractivity contribution is 5.94. The van der Waals surface area contributed by atoms with Crippen LogP contribution in [0.4, 0.5) is 5.69 Å². The van der Waals surface area contributed by atoms with Crippen LogP contribution in [0.3, 0.4) is 0 Å². The van der Waals surface area contributed by atoms with Crippen molar-refractivity contribution in [3.8, 4) is 0 Å². The monoisotopic (exact) mass is 404 g/mol. The quantitative estimate of drug-likeness (QED) is 0.645. The number of nitrogens with zero attached hydrogens (tertiary/aromatic N) is 2. The molecule has 2 rings (SSSR count). The standard InChI is InChI=1S/C22H36N4O3/c1-17(21(28)24-19-8-6-18(7-9-19)22(2,3)4)26-13-11-25(12-14-26)16-20(27)23-10-15-29-5/h6-9,17H,10-16H2,1-5H3,(H,23,27)(H,24,28). The zero-order valence-electron chi connectivity index (χ0n) is 18.5. The molecule has 1 atom stereocenters. The van der Waals surface area contributed by atoms with Gasteiger partial charge in [-0.3, -0.25) is 19.4 Å². The number of benzene rings is 1. The van der Waals surface area contributed by atoms with Gasteiger partial charge in [0.05, 0.1) is 19.2 Å². The van der Waals surface area contributed by atoms with Crippen LogP contribution in [0.25, 0.3) is 0 Å². The van der Waals surface area contributed by atoms with Gasteiger partial charge >= 0.3 is 0 Å². The maximum Gasteiger partial charge on any atom is 0.241 e. The summed E-state index contributed by atoms with van der Waals surface area (Å²) in [5, 5.41) is 5.86. The number of piperazine rings is 1. The number of carbonyl (C=O) groups excluding carboxylic acids is 2. The molecular weight excluding hydrogens is 368 g/mol. The van der Waals surface area contributed by atoms with E-state index in [-0.39, 0.29) is 23.3 Å². The number of hydrogen-bond donors (Lipinski definition) is 2. The van der Waals surface area contributed by atoms with Crippen molar-refractivity contribution in [1.29, 1.82) is 0 Å². The van der Waals surface area contributed by atoms with Gasteiger partial charge in [0.1, 0.15) is 0 Å². The molecule has 1 unspecified atom stereocenters. The van der Waals surface area contributed by atoms with E-state index in [1.54, 1.807) is 7.11 Å². The molecule has 1 fully saturated rings. The molecule has 0 bridgehead atoms. The van der Waals surface area contributed by atoms with Gasteiger partial charge in [0.25, 0.3) is 0 Å². The molecule has 2 N–H and O–H groups in total. The molecule has 1 aromatic carbocycles. The van der Waals surface area contributed by atoms with E-state index in [0.717, 1.165) is 31.9 Å². The second-order valence-corrected chi connectivity index (χ2v) is 8.65. The van der Waals surface area contributed by atoms with E-state index >= 15 is 0 Å². The second kappa shape index (κ2) is 10.7. The van der Waals surface area contributed by atoms with E-state index in [1.165, 1.54) is 5.56 Å². The number of methoxy groups -OCH3 is 1. The third-order valence-corrected chi connectivity index (χ3v) is 5.35. The molecular formula is C22H36N4O3. The molecule has 1 heterocycles. The topological polar surface area (TPSA) is 73.9 Å². The van der Waals surface area contributed by atoms with E-state index in [9.17, 15) is 9.59 Å². The first-order chi connectivity index (χ1) is 13.7. The first kappa shape index (κ1) is 23.3. The average Bonchev–Trinajstić information content (AvgIpc) is 2.68. The average molecular weight is 405 g/mol. The lowest BCUT2D eigenvalue weighted by molar-refractivity contribution is -0.124. The highest BCUT2D eigenvalue weighted by Crippen LogP contribution is 2.23. The number of ether oxygens (including phenoxy) is 1. The lowest BCUT2D eigenvalue weighted by Crippen LogP contribution is -2.54. The number of hydrogen-bond acceptors (Lipinski definition) is 5. The molecule has 0 spiro atoms. The van der Waals surface area contributed by atoms with Crippen molar-refractivity contribution in [2.24, 2.45) is 0 Å². The Balaban J connectivity index is 1.77. The second-order valence-electron chi connectivity index (χ2n) is 8.65. The number of anilines is 1. The number of amides is 2. The summed E-state index contributed by atoms with van der Waals surface area (Å²) in [7, 11) is 1.61. The fraction of sp³-hybridized carbons (Fsp3) is 0.636. The zero-order chi connectivity index (χ0) is 21.4. The van der Waals surface area contributed by atoms with E-state index in [4.69, 9.17) is 4.74 Å². The van der Waals surface area contributed by atoms with Gasteiger partial charge in [0.15, 0.2) is 0 Å². The Morgan fingerprint density at radius 1 is 1.10 bits per heavy atom. The third-order valence-electron chi connectivity index (χ3n) is 5.35. The maximum absolute atomic E-state index is 12.7. The van der Waals surface area contributed by atoms with Crippen LogP contribution in [0.15, 0.2) is 24.3 Å². The third kappa shape index (κ3) is 7.42. The Kier molecular flexibility index (Phi) is 8.61. The van der Waals surface area contributed by atoms with E-state index in [2.05, 4.69) is 53.3 Å². The fourth-order valence-corrected chi connectivity index (χ4v) is 3.33. The molecule has 1 aliphatic heterocycles. The summed E-state index contributed by atoms with van der Waals surface area (Å²) in [5.74, 6) is 0.0132. The molecule has 162 valence electrons. The first-order valence-electron chi connectivity index (χ1n) is 10.3. The summed E-state index contributed by atoms with van der Waals surface area (Å²) >= 11 is 0. The van der Waals surface area contributed by atoms with Crippen molar-refractivity contribution in [2.45, 2.75) is 39.2 Å². The lowest BCUT2D eigenvalue weighted by Gasteiger charge is -2.37. The molecule has 2 amide bonds. The molecule has 1 aromatic rings. The minimum Gasteiger partial charge on any atom is -0.383 e. The summed E-state index contributed by atoms with van der Waals surface area (Å²) in [6, 6.07) is 7.85. The van der Waals surface area contributed by atoms with Crippen molar-refractivity contribution in [3.05, 3.63) is 29.8 Å². The molecule has 0 aromatic heterocycles. The van der Waals surface area contributed by atoms with E-state index in [0.29, 0.717) is 19.7 Å². The van der Waals surface area contributed by atoms with Crippen molar-refractivity contribution >= 4 is 17.5 Å². The van der Waals surface area contributed by atoms with Crippen molar-refractivity contribution in [1.82, 2.24) is 15.1 Å². The van der Waals surface area contributed by atoms with Crippen molar-refractivity contribution in [2.75, 3.05) is 58.3 Å². The van der Waals surface area contributed by atoms with Crippen LogP contribution in [0, 0.1) is 0 Å². The van der Waals surface area contributed by atoms with Gasteiger partial charge in [-0.05, 0) is 30.0 Å². The molecule has 0 saturated carbocycles. The summed E-state index contributed by atoms with van der Waals surface area (Å²) in [4.78, 5) is 28.9. The van der Waals surface area contributed by atoms with Gasteiger partial charge < -0.3 is 15.4 Å². The minimum absolute atomic E-state index is 0.000678. The van der Waals surface area contributed by atoms with Crippen LogP contribution in [0.1, 0.15) is 33.3 Å². The van der Waals surface area contributed by atoms with E-state index in [1.807, 2.05) is 19.1 Å². The molecule has 7 nitrogen and oxygen atoms in total. The van der Waals surface area contributed by atoms with Crippen LogP contribution in [-0.4, -0.2) is 80.6 Å². The SMILES string of the molecule is COCCNC(=O)CN1CCN(C(C)C(=O)Nc2ccc(C(C)(C)C)cc2)CC1. The largest absolute Gasteiger partial charge is 0.383 e. The molecule has 1 aliphatic rings. The predicted octanol–water partition coefficient (Wildman–Crippen LogP) is 1.69. The van der Waals surface area contributed by atoms with Gasteiger partial charge in [-0.25, -0.2) is 0 Å². The number of carbonyl (C=O) groups is 2. The van der Waals surface area contributed by atoms with Crippen molar-refractivity contribution in [3.63, 3.8) is 0 Å². The summed E-state index contributed by atoms with van der Waals surface area (Å²) < 4.78 is 4.94. The van der Waals surface area contributed by atoms with Gasteiger partial charge in [-0.2, -0.15) is 0 Å². The van der Waals surface area contributed by atoms with Gasteiger partial charge in [0.2, 0.25) is 11.8 Å².